The summed E-state index contributed by atoms with van der Waals surface area (Å²) in [6.07, 6.45) is 0.357. The summed E-state index contributed by atoms with van der Waals surface area (Å²) in [6, 6.07) is 0. The average Bonchev–Trinajstić information content (AvgIpc) is 2.17. The largest absolute Gasteiger partial charge is 0.499 e. The highest BCUT2D eigenvalue weighted by molar-refractivity contribution is 6.59. The molecule has 0 aliphatic heterocycles. The highest BCUT2D eigenvalue weighted by Gasteiger charge is 2.35. The molecule has 1 unspecified atom stereocenters. The van der Waals surface area contributed by atoms with Gasteiger partial charge in [0.2, 0.25) is 0 Å². The Hall–Kier alpha value is -0.693. The number of hydrogen-bond donors (Lipinski definition) is 0. The summed E-state index contributed by atoms with van der Waals surface area (Å²) >= 11 is 0. The molecule has 0 aromatic heterocycles. The number of rotatable bonds is 6. The summed E-state index contributed by atoms with van der Waals surface area (Å²) in [4.78, 5) is 10.8. The highest BCUT2D eigenvalue weighted by Crippen LogP contribution is 2.10. The first-order chi connectivity index (χ1) is 6.47. The Labute approximate surface area is 85.0 Å². The minimum absolute atomic E-state index is 0.541. The molecule has 0 saturated heterocycles. The molecular formula is C8H16O5Si. The summed E-state index contributed by atoms with van der Waals surface area (Å²) in [7, 11) is 0.316. The van der Waals surface area contributed by atoms with Crippen LogP contribution in [0.25, 0.3) is 0 Å². The van der Waals surface area contributed by atoms with Crippen LogP contribution in [0.4, 0.5) is 0 Å². The van der Waals surface area contributed by atoms with E-state index in [1.165, 1.54) is 14.2 Å². The molecule has 0 fully saturated rings. The Morgan fingerprint density at radius 3 is 2.29 bits per heavy atom. The third kappa shape index (κ3) is 4.52. The van der Waals surface area contributed by atoms with E-state index in [1.807, 2.05) is 0 Å². The van der Waals surface area contributed by atoms with E-state index in [9.17, 15) is 4.79 Å². The molecule has 5 nitrogen and oxygen atoms in total. The molecule has 0 bridgehead atoms. The SMILES string of the molecule is C=CC(=O)OC(C)O[Si](C)(OC)OC. The van der Waals surface area contributed by atoms with E-state index in [4.69, 9.17) is 18.0 Å². The molecular weight excluding hydrogens is 204 g/mol. The lowest BCUT2D eigenvalue weighted by Gasteiger charge is -2.25. The Morgan fingerprint density at radius 2 is 1.93 bits per heavy atom. The zero-order chi connectivity index (χ0) is 11.2. The molecule has 0 heterocycles. The van der Waals surface area contributed by atoms with Crippen molar-refractivity contribution in [3.63, 3.8) is 0 Å². The van der Waals surface area contributed by atoms with Crippen molar-refractivity contribution in [2.24, 2.45) is 0 Å². The van der Waals surface area contributed by atoms with Gasteiger partial charge in [0.15, 0.2) is 6.29 Å². The second-order valence-electron chi connectivity index (χ2n) is 2.60. The second-order valence-corrected chi connectivity index (χ2v) is 5.37. The van der Waals surface area contributed by atoms with Crippen molar-refractivity contribution in [2.45, 2.75) is 19.8 Å². The first kappa shape index (κ1) is 13.3. The number of esters is 1. The van der Waals surface area contributed by atoms with E-state index in [2.05, 4.69) is 6.58 Å². The standard InChI is InChI=1S/C8H16O5Si/c1-6-8(9)12-7(2)13-14(5,10-3)11-4/h6-7H,1H2,2-5H3. The van der Waals surface area contributed by atoms with Crippen LogP contribution in [-0.2, 0) is 22.8 Å². The normalized spacial score (nSPS) is 13.4. The van der Waals surface area contributed by atoms with Crippen LogP contribution in [0.1, 0.15) is 6.92 Å². The predicted octanol–water partition coefficient (Wildman–Crippen LogP) is 0.940. The van der Waals surface area contributed by atoms with Gasteiger partial charge in [-0.3, -0.25) is 0 Å². The molecule has 0 spiro atoms. The quantitative estimate of drug-likeness (QED) is 0.288. The Balaban J connectivity index is 4.09. The number of carbonyl (C=O) groups excluding carboxylic acids is 1. The van der Waals surface area contributed by atoms with Crippen molar-refractivity contribution < 1.29 is 22.8 Å². The lowest BCUT2D eigenvalue weighted by molar-refractivity contribution is -0.160. The highest BCUT2D eigenvalue weighted by atomic mass is 28.4. The van der Waals surface area contributed by atoms with E-state index >= 15 is 0 Å². The van der Waals surface area contributed by atoms with E-state index in [-0.39, 0.29) is 0 Å². The summed E-state index contributed by atoms with van der Waals surface area (Å²) in [5, 5.41) is 0. The number of hydrogen-bond acceptors (Lipinski definition) is 5. The van der Waals surface area contributed by atoms with Crippen LogP contribution in [0, 0.1) is 0 Å². The molecule has 82 valence electrons. The fourth-order valence-corrected chi connectivity index (χ4v) is 1.73. The Kier molecular flexibility index (Phi) is 5.62. The molecule has 0 aromatic rings. The van der Waals surface area contributed by atoms with Crippen molar-refractivity contribution in [1.82, 2.24) is 0 Å². The lowest BCUT2D eigenvalue weighted by Crippen LogP contribution is -2.43. The van der Waals surface area contributed by atoms with Gasteiger partial charge in [0.25, 0.3) is 0 Å². The smallest absolute Gasteiger partial charge is 0.434 e. The molecule has 0 radical (unpaired) electrons. The average molecular weight is 220 g/mol. The van der Waals surface area contributed by atoms with Gasteiger partial charge in [-0.2, -0.15) is 0 Å². The third-order valence-electron chi connectivity index (χ3n) is 1.57. The first-order valence-electron chi connectivity index (χ1n) is 4.08. The first-order valence-corrected chi connectivity index (χ1v) is 6.31. The molecule has 14 heavy (non-hydrogen) atoms. The van der Waals surface area contributed by atoms with Gasteiger partial charge in [0.1, 0.15) is 0 Å². The van der Waals surface area contributed by atoms with E-state index in [0.717, 1.165) is 6.08 Å². The van der Waals surface area contributed by atoms with Crippen molar-refractivity contribution in [3.8, 4) is 0 Å². The lowest BCUT2D eigenvalue weighted by atomic mass is 10.6. The summed E-state index contributed by atoms with van der Waals surface area (Å²) in [5.74, 6) is -0.541. The van der Waals surface area contributed by atoms with Gasteiger partial charge in [-0.25, -0.2) is 4.79 Å². The van der Waals surface area contributed by atoms with Gasteiger partial charge in [-0.15, -0.1) is 0 Å². The van der Waals surface area contributed by atoms with Crippen molar-refractivity contribution in [1.29, 1.82) is 0 Å². The summed E-state index contributed by atoms with van der Waals surface area (Å²) in [6.45, 7) is 6.56. The maximum Gasteiger partial charge on any atom is 0.499 e. The summed E-state index contributed by atoms with van der Waals surface area (Å²) < 4.78 is 20.2. The van der Waals surface area contributed by atoms with Gasteiger partial charge in [-0.05, 0) is 6.92 Å². The van der Waals surface area contributed by atoms with Crippen molar-refractivity contribution in [3.05, 3.63) is 12.7 Å². The topological polar surface area (TPSA) is 54.0 Å². The van der Waals surface area contributed by atoms with E-state index in [1.54, 1.807) is 13.5 Å². The molecule has 0 aliphatic rings. The molecule has 0 rings (SSSR count). The van der Waals surface area contributed by atoms with Crippen molar-refractivity contribution >= 4 is 14.8 Å². The van der Waals surface area contributed by atoms with Crippen LogP contribution < -0.4 is 0 Å². The second kappa shape index (κ2) is 5.92. The molecule has 6 heteroatoms. The van der Waals surface area contributed by atoms with E-state index < -0.39 is 21.1 Å². The molecule has 0 N–H and O–H groups in total. The number of ether oxygens (including phenoxy) is 1. The van der Waals surface area contributed by atoms with Gasteiger partial charge in [0, 0.05) is 26.8 Å². The summed E-state index contributed by atoms with van der Waals surface area (Å²) in [5.41, 5.74) is 0. The van der Waals surface area contributed by atoms with Crippen molar-refractivity contribution in [2.75, 3.05) is 14.2 Å². The van der Waals surface area contributed by atoms with Crippen LogP contribution in [0.5, 0.6) is 0 Å². The third-order valence-corrected chi connectivity index (χ3v) is 3.81. The maximum atomic E-state index is 10.8. The molecule has 0 aliphatic carbocycles. The van der Waals surface area contributed by atoms with Gasteiger partial charge >= 0.3 is 14.8 Å². The maximum absolute atomic E-state index is 10.8. The van der Waals surface area contributed by atoms with Gasteiger partial charge in [0.05, 0.1) is 0 Å². The fraction of sp³-hybridized carbons (Fsp3) is 0.625. The molecule has 0 amide bonds. The minimum Gasteiger partial charge on any atom is -0.434 e. The van der Waals surface area contributed by atoms with Crippen LogP contribution >= 0.6 is 0 Å². The Bertz CT molecular complexity index is 202. The van der Waals surface area contributed by atoms with Crippen LogP contribution in [0.3, 0.4) is 0 Å². The van der Waals surface area contributed by atoms with Crippen LogP contribution in [0.15, 0.2) is 12.7 Å². The zero-order valence-corrected chi connectivity index (χ0v) is 9.90. The number of carbonyl (C=O) groups is 1. The van der Waals surface area contributed by atoms with Crippen LogP contribution in [0.2, 0.25) is 6.55 Å². The molecule has 0 aromatic carbocycles. The minimum atomic E-state index is -2.65. The van der Waals surface area contributed by atoms with Crippen LogP contribution in [-0.4, -0.2) is 35.3 Å². The van der Waals surface area contributed by atoms with Gasteiger partial charge in [-0.1, -0.05) is 6.58 Å². The van der Waals surface area contributed by atoms with Gasteiger partial charge < -0.3 is 18.0 Å². The zero-order valence-electron chi connectivity index (χ0n) is 8.90. The molecule has 0 saturated carbocycles. The van der Waals surface area contributed by atoms with E-state index in [0.29, 0.717) is 0 Å². The Morgan fingerprint density at radius 1 is 1.43 bits per heavy atom. The fourth-order valence-electron chi connectivity index (χ4n) is 0.717. The molecule has 1 atom stereocenters. The monoisotopic (exact) mass is 220 g/mol. The predicted molar refractivity (Wildman–Crippen MR) is 52.5 cm³/mol.